The molecule has 0 radical (unpaired) electrons. The largest absolute Gasteiger partial charge is 0.507 e. The van der Waals surface area contributed by atoms with Gasteiger partial charge in [0, 0.05) is 11.0 Å². The molecule has 1 amide bonds. The van der Waals surface area contributed by atoms with Crippen molar-refractivity contribution in [2.45, 2.75) is 13.3 Å². The Hall–Kier alpha value is -2.01. The van der Waals surface area contributed by atoms with Crippen LogP contribution in [0, 0.1) is 0 Å². The quantitative estimate of drug-likeness (QED) is 0.826. The summed E-state index contributed by atoms with van der Waals surface area (Å²) in [5.41, 5.74) is 7.41. The first-order chi connectivity index (χ1) is 10.0. The van der Waals surface area contributed by atoms with Crippen molar-refractivity contribution in [3.05, 3.63) is 52.5 Å². The second-order valence-corrected chi connectivity index (χ2v) is 5.59. The highest BCUT2D eigenvalue weighted by Crippen LogP contribution is 2.28. The molecule has 21 heavy (non-hydrogen) atoms. The molecule has 5 heteroatoms. The van der Waals surface area contributed by atoms with Gasteiger partial charge in [-0.3, -0.25) is 4.79 Å². The molecule has 3 N–H and O–H groups in total. The lowest BCUT2D eigenvalue weighted by Gasteiger charge is -2.24. The molecular formula is C16H17BrN2O2. The summed E-state index contributed by atoms with van der Waals surface area (Å²) in [6, 6.07) is 12.0. The van der Waals surface area contributed by atoms with Gasteiger partial charge in [-0.15, -0.1) is 0 Å². The minimum absolute atomic E-state index is 0.0428. The summed E-state index contributed by atoms with van der Waals surface area (Å²) in [6.07, 6.45) is 0.787. The normalized spacial score (nSPS) is 10.4. The molecule has 0 fully saturated rings. The highest BCUT2D eigenvalue weighted by atomic mass is 79.9. The molecule has 0 saturated carbocycles. The van der Waals surface area contributed by atoms with Crippen molar-refractivity contribution in [1.82, 2.24) is 0 Å². The zero-order chi connectivity index (χ0) is 15.4. The minimum Gasteiger partial charge on any atom is -0.507 e. The Bertz CT molecular complexity index is 658. The van der Waals surface area contributed by atoms with E-state index in [4.69, 9.17) is 5.73 Å². The number of anilines is 2. The minimum atomic E-state index is -0.270. The third kappa shape index (κ3) is 3.36. The second kappa shape index (κ2) is 6.63. The van der Waals surface area contributed by atoms with Crippen LogP contribution in [0.1, 0.15) is 23.7 Å². The summed E-state index contributed by atoms with van der Waals surface area (Å²) < 4.78 is 0.737. The molecule has 0 spiro atoms. The van der Waals surface area contributed by atoms with E-state index in [1.165, 1.54) is 6.07 Å². The number of halogens is 1. The molecule has 4 nitrogen and oxygen atoms in total. The fourth-order valence-corrected chi connectivity index (χ4v) is 2.47. The molecule has 0 heterocycles. The predicted molar refractivity (Wildman–Crippen MR) is 88.6 cm³/mol. The van der Waals surface area contributed by atoms with Crippen molar-refractivity contribution in [3.63, 3.8) is 0 Å². The van der Waals surface area contributed by atoms with Gasteiger partial charge in [-0.1, -0.05) is 35.0 Å². The van der Waals surface area contributed by atoms with E-state index in [2.05, 4.69) is 15.9 Å². The summed E-state index contributed by atoms with van der Waals surface area (Å²) in [7, 11) is 0. The van der Waals surface area contributed by atoms with Crippen molar-refractivity contribution in [2.75, 3.05) is 17.2 Å². The van der Waals surface area contributed by atoms with Crippen LogP contribution in [0.4, 0.5) is 11.4 Å². The maximum atomic E-state index is 12.8. The van der Waals surface area contributed by atoms with Gasteiger partial charge in [0.2, 0.25) is 0 Å². The number of nitrogens with zero attached hydrogens (tertiary/aromatic N) is 1. The van der Waals surface area contributed by atoms with Crippen LogP contribution in [0.3, 0.4) is 0 Å². The summed E-state index contributed by atoms with van der Waals surface area (Å²) in [5.74, 6) is -0.313. The molecule has 110 valence electrons. The molecule has 0 aliphatic heterocycles. The predicted octanol–water partition coefficient (Wildman–Crippen LogP) is 3.79. The topological polar surface area (TPSA) is 66.6 Å². The molecule has 0 atom stereocenters. The van der Waals surface area contributed by atoms with Crippen LogP contribution in [0.15, 0.2) is 46.9 Å². The van der Waals surface area contributed by atoms with E-state index in [9.17, 15) is 9.90 Å². The van der Waals surface area contributed by atoms with E-state index >= 15 is 0 Å². The molecule has 0 saturated heterocycles. The molecule has 0 aliphatic rings. The van der Waals surface area contributed by atoms with Crippen LogP contribution in [-0.4, -0.2) is 17.6 Å². The summed E-state index contributed by atoms with van der Waals surface area (Å²) in [4.78, 5) is 14.3. The number of benzene rings is 2. The van der Waals surface area contributed by atoms with Gasteiger partial charge in [0.05, 0.1) is 16.9 Å². The molecule has 0 bridgehead atoms. The number of nitrogens with two attached hydrogens (primary N) is 1. The average Bonchev–Trinajstić information content (AvgIpc) is 2.47. The molecule has 2 rings (SSSR count). The van der Waals surface area contributed by atoms with E-state index < -0.39 is 0 Å². The van der Waals surface area contributed by atoms with Gasteiger partial charge < -0.3 is 15.7 Å². The second-order valence-electron chi connectivity index (χ2n) is 4.68. The van der Waals surface area contributed by atoms with Crippen molar-refractivity contribution in [2.24, 2.45) is 0 Å². The fraction of sp³-hybridized carbons (Fsp3) is 0.188. The number of amides is 1. The number of carbonyl (C=O) groups excluding carboxylic acids is 1. The lowest BCUT2D eigenvalue weighted by Crippen LogP contribution is -2.32. The number of rotatable bonds is 4. The first kappa shape index (κ1) is 15.4. The monoisotopic (exact) mass is 348 g/mol. The first-order valence-corrected chi connectivity index (χ1v) is 7.48. The zero-order valence-corrected chi connectivity index (χ0v) is 13.3. The Kier molecular flexibility index (Phi) is 4.85. The highest BCUT2D eigenvalue weighted by Gasteiger charge is 2.21. The molecule has 2 aromatic carbocycles. The SMILES string of the molecule is CCCN(C(=O)c1cc(Br)ccc1O)c1ccccc1N. The highest BCUT2D eigenvalue weighted by molar-refractivity contribution is 9.10. The number of aromatic hydroxyl groups is 1. The van der Waals surface area contributed by atoms with Gasteiger partial charge in [0.1, 0.15) is 5.75 Å². The number of hydrogen-bond acceptors (Lipinski definition) is 3. The Labute approximate surface area is 132 Å². The summed E-state index contributed by atoms with van der Waals surface area (Å²) >= 11 is 3.32. The van der Waals surface area contributed by atoms with Crippen LogP contribution >= 0.6 is 15.9 Å². The Morgan fingerprint density at radius 1 is 1.29 bits per heavy atom. The lowest BCUT2D eigenvalue weighted by atomic mass is 10.1. The zero-order valence-electron chi connectivity index (χ0n) is 11.7. The molecule has 0 unspecified atom stereocenters. The maximum Gasteiger partial charge on any atom is 0.262 e. The Morgan fingerprint density at radius 3 is 2.67 bits per heavy atom. The van der Waals surface area contributed by atoms with Crippen LogP contribution < -0.4 is 10.6 Å². The van der Waals surface area contributed by atoms with Gasteiger partial charge in [0.25, 0.3) is 5.91 Å². The number of phenolic OH excluding ortho intramolecular Hbond substituents is 1. The van der Waals surface area contributed by atoms with Gasteiger partial charge in [-0.2, -0.15) is 0 Å². The lowest BCUT2D eigenvalue weighted by molar-refractivity contribution is 0.0984. The van der Waals surface area contributed by atoms with Crippen LogP contribution in [0.2, 0.25) is 0 Å². The van der Waals surface area contributed by atoms with E-state index in [0.717, 1.165) is 10.9 Å². The van der Waals surface area contributed by atoms with E-state index in [-0.39, 0.29) is 17.2 Å². The molecule has 0 aromatic heterocycles. The first-order valence-electron chi connectivity index (χ1n) is 6.69. The van der Waals surface area contributed by atoms with E-state index in [1.807, 2.05) is 19.1 Å². The van der Waals surface area contributed by atoms with Gasteiger partial charge in [-0.25, -0.2) is 0 Å². The fourth-order valence-electron chi connectivity index (χ4n) is 2.11. The Morgan fingerprint density at radius 2 is 2.00 bits per heavy atom. The number of phenols is 1. The number of nitrogen functional groups attached to an aromatic ring is 1. The van der Waals surface area contributed by atoms with Crippen LogP contribution in [0.5, 0.6) is 5.75 Å². The maximum absolute atomic E-state index is 12.8. The Balaban J connectivity index is 2.45. The van der Waals surface area contributed by atoms with E-state index in [1.54, 1.807) is 29.2 Å². The molecule has 2 aromatic rings. The van der Waals surface area contributed by atoms with Gasteiger partial charge in [0.15, 0.2) is 0 Å². The van der Waals surface area contributed by atoms with Crippen LogP contribution in [0.25, 0.3) is 0 Å². The van der Waals surface area contributed by atoms with Crippen LogP contribution in [-0.2, 0) is 0 Å². The smallest absolute Gasteiger partial charge is 0.262 e. The van der Waals surface area contributed by atoms with Crippen molar-refractivity contribution >= 4 is 33.2 Å². The van der Waals surface area contributed by atoms with Gasteiger partial charge >= 0.3 is 0 Å². The van der Waals surface area contributed by atoms with E-state index in [0.29, 0.717) is 17.9 Å². The standard InChI is InChI=1S/C16H17BrN2O2/c1-2-9-19(14-6-4-3-5-13(14)18)16(21)12-10-11(17)7-8-15(12)20/h3-8,10,20H,2,9,18H2,1H3. The number of carbonyl (C=O) groups is 1. The molecular weight excluding hydrogens is 332 g/mol. The van der Waals surface area contributed by atoms with Crippen molar-refractivity contribution < 1.29 is 9.90 Å². The third-order valence-electron chi connectivity index (χ3n) is 3.11. The molecule has 0 aliphatic carbocycles. The average molecular weight is 349 g/mol. The summed E-state index contributed by atoms with van der Waals surface area (Å²) in [6.45, 7) is 2.51. The number of para-hydroxylation sites is 2. The van der Waals surface area contributed by atoms with Crippen molar-refractivity contribution in [3.8, 4) is 5.75 Å². The van der Waals surface area contributed by atoms with Gasteiger partial charge in [-0.05, 0) is 36.8 Å². The number of hydrogen-bond donors (Lipinski definition) is 2. The third-order valence-corrected chi connectivity index (χ3v) is 3.60. The van der Waals surface area contributed by atoms with Crippen molar-refractivity contribution in [1.29, 1.82) is 0 Å². The summed E-state index contributed by atoms with van der Waals surface area (Å²) in [5, 5.41) is 9.94.